The number of benzene rings is 2. The van der Waals surface area contributed by atoms with E-state index < -0.39 is 0 Å². The van der Waals surface area contributed by atoms with Gasteiger partial charge >= 0.3 is 0 Å². The molecule has 2 aromatic carbocycles. The van der Waals surface area contributed by atoms with Gasteiger partial charge in [0.1, 0.15) is 11.3 Å². The summed E-state index contributed by atoms with van der Waals surface area (Å²) in [5.41, 5.74) is 2.87. The highest BCUT2D eigenvalue weighted by molar-refractivity contribution is 5.74. The van der Waals surface area contributed by atoms with Gasteiger partial charge in [0.15, 0.2) is 5.58 Å². The van der Waals surface area contributed by atoms with Crippen LogP contribution in [0.5, 0.6) is 0 Å². The molecule has 2 fully saturated rings. The van der Waals surface area contributed by atoms with Gasteiger partial charge in [-0.15, -0.1) is 0 Å². The molecule has 3 heterocycles. The van der Waals surface area contributed by atoms with Gasteiger partial charge in [0.25, 0.3) is 6.01 Å². The third-order valence-corrected chi connectivity index (χ3v) is 5.44. The van der Waals surface area contributed by atoms with E-state index in [9.17, 15) is 4.39 Å². The Hall–Kier alpha value is -2.60. The van der Waals surface area contributed by atoms with Crippen molar-refractivity contribution in [3.05, 3.63) is 54.3 Å². The molecule has 1 aromatic heterocycles. The minimum atomic E-state index is -0.179. The number of aromatic nitrogens is 1. The number of halogens is 1. The maximum absolute atomic E-state index is 13.1. The predicted molar refractivity (Wildman–Crippen MR) is 100 cm³/mol. The van der Waals surface area contributed by atoms with Crippen LogP contribution >= 0.6 is 0 Å². The Kier molecular flexibility index (Phi) is 3.78. The van der Waals surface area contributed by atoms with Crippen LogP contribution in [0.2, 0.25) is 0 Å². The average molecular weight is 352 g/mol. The number of fused-ring (bicyclic) bond motifs is 1. The molecule has 26 heavy (non-hydrogen) atoms. The fourth-order valence-electron chi connectivity index (χ4n) is 3.83. The molecule has 0 aliphatic carbocycles. The van der Waals surface area contributed by atoms with Crippen LogP contribution in [-0.2, 0) is 0 Å². The lowest BCUT2D eigenvalue weighted by atomic mass is 10.1. The van der Waals surface area contributed by atoms with Gasteiger partial charge < -0.3 is 14.2 Å². The Labute approximate surface area is 151 Å². The first-order valence-corrected chi connectivity index (χ1v) is 9.11. The molecule has 0 spiro atoms. The van der Waals surface area contributed by atoms with Crippen LogP contribution in [0.15, 0.2) is 52.9 Å². The molecule has 0 unspecified atom stereocenters. The quantitative estimate of drug-likeness (QED) is 0.724. The third-order valence-electron chi connectivity index (χ3n) is 5.44. The molecule has 0 N–H and O–H groups in total. The van der Waals surface area contributed by atoms with E-state index in [0.29, 0.717) is 6.04 Å². The number of para-hydroxylation sites is 2. The maximum atomic E-state index is 13.1. The second kappa shape index (κ2) is 6.29. The molecule has 3 aromatic rings. The Bertz CT molecular complexity index is 863. The summed E-state index contributed by atoms with van der Waals surface area (Å²) >= 11 is 0. The SMILES string of the molecule is Fc1ccc(N2CCN(C3CN(c4nc5ccccc5o4)C3)CC2)cc1. The first-order valence-electron chi connectivity index (χ1n) is 9.11. The van der Waals surface area contributed by atoms with E-state index in [1.54, 1.807) is 0 Å². The molecule has 5 rings (SSSR count). The van der Waals surface area contributed by atoms with Crippen molar-refractivity contribution in [1.29, 1.82) is 0 Å². The number of oxazole rings is 1. The second-order valence-electron chi connectivity index (χ2n) is 7.02. The summed E-state index contributed by atoms with van der Waals surface area (Å²) in [4.78, 5) is 11.6. The zero-order chi connectivity index (χ0) is 17.5. The number of hydrogen-bond acceptors (Lipinski definition) is 5. The molecule has 6 heteroatoms. The van der Waals surface area contributed by atoms with Crippen molar-refractivity contribution < 1.29 is 8.81 Å². The zero-order valence-corrected chi connectivity index (χ0v) is 14.5. The Morgan fingerprint density at radius 3 is 2.35 bits per heavy atom. The largest absolute Gasteiger partial charge is 0.423 e. The van der Waals surface area contributed by atoms with Gasteiger partial charge in [-0.05, 0) is 36.4 Å². The lowest BCUT2D eigenvalue weighted by Gasteiger charge is -2.47. The molecule has 134 valence electrons. The molecule has 2 aliphatic rings. The van der Waals surface area contributed by atoms with E-state index >= 15 is 0 Å². The molecule has 0 amide bonds. The number of nitrogens with zero attached hydrogens (tertiary/aromatic N) is 4. The number of piperazine rings is 1. The van der Waals surface area contributed by atoms with Crippen molar-refractivity contribution in [3.63, 3.8) is 0 Å². The van der Waals surface area contributed by atoms with Crippen LogP contribution < -0.4 is 9.80 Å². The zero-order valence-electron chi connectivity index (χ0n) is 14.5. The summed E-state index contributed by atoms with van der Waals surface area (Å²) in [6.07, 6.45) is 0. The smallest absolute Gasteiger partial charge is 0.298 e. The first kappa shape index (κ1) is 15.6. The monoisotopic (exact) mass is 352 g/mol. The van der Waals surface area contributed by atoms with Crippen molar-refractivity contribution in [3.8, 4) is 0 Å². The third kappa shape index (κ3) is 2.80. The number of anilines is 2. The summed E-state index contributed by atoms with van der Waals surface area (Å²) in [7, 11) is 0. The van der Waals surface area contributed by atoms with Gasteiger partial charge in [-0.3, -0.25) is 4.90 Å². The summed E-state index contributed by atoms with van der Waals surface area (Å²) in [5, 5.41) is 0. The van der Waals surface area contributed by atoms with Gasteiger partial charge in [0.2, 0.25) is 0 Å². The highest BCUT2D eigenvalue weighted by Gasteiger charge is 2.35. The van der Waals surface area contributed by atoms with Crippen LogP contribution in [0.4, 0.5) is 16.1 Å². The molecule has 5 nitrogen and oxygen atoms in total. The molecule has 2 aliphatic heterocycles. The molecule has 0 bridgehead atoms. The van der Waals surface area contributed by atoms with Crippen molar-refractivity contribution >= 4 is 22.8 Å². The van der Waals surface area contributed by atoms with E-state index in [0.717, 1.165) is 62.1 Å². The highest BCUT2D eigenvalue weighted by atomic mass is 19.1. The molecule has 0 atom stereocenters. The number of rotatable bonds is 3. The fraction of sp³-hybridized carbons (Fsp3) is 0.350. The van der Waals surface area contributed by atoms with Crippen molar-refractivity contribution in [2.45, 2.75) is 6.04 Å². The standard InChI is InChI=1S/C20H21FN4O/c21-15-5-7-16(8-6-15)23-9-11-24(12-10-23)17-13-25(14-17)20-22-18-3-1-2-4-19(18)26-20/h1-8,17H,9-14H2. The first-order chi connectivity index (χ1) is 12.8. The van der Waals surface area contributed by atoms with Crippen LogP contribution in [0.1, 0.15) is 0 Å². The lowest BCUT2D eigenvalue weighted by Crippen LogP contribution is -2.63. The van der Waals surface area contributed by atoms with Crippen molar-refractivity contribution in [1.82, 2.24) is 9.88 Å². The van der Waals surface area contributed by atoms with Crippen LogP contribution in [0.25, 0.3) is 11.1 Å². The maximum Gasteiger partial charge on any atom is 0.298 e. The van der Waals surface area contributed by atoms with Crippen LogP contribution in [0.3, 0.4) is 0 Å². The Morgan fingerprint density at radius 2 is 1.62 bits per heavy atom. The van der Waals surface area contributed by atoms with Crippen LogP contribution in [-0.4, -0.2) is 55.2 Å². The van der Waals surface area contributed by atoms with Gasteiger partial charge in [-0.1, -0.05) is 12.1 Å². The van der Waals surface area contributed by atoms with Gasteiger partial charge in [0.05, 0.1) is 0 Å². The average Bonchev–Trinajstić information content (AvgIpc) is 3.05. The molecule has 2 saturated heterocycles. The Morgan fingerprint density at radius 1 is 0.885 bits per heavy atom. The summed E-state index contributed by atoms with van der Waals surface area (Å²) in [6.45, 7) is 5.94. The second-order valence-corrected chi connectivity index (χ2v) is 7.02. The van der Waals surface area contributed by atoms with E-state index in [-0.39, 0.29) is 5.82 Å². The molecular formula is C20H21FN4O. The minimum Gasteiger partial charge on any atom is -0.423 e. The molecule has 0 radical (unpaired) electrons. The predicted octanol–water partition coefficient (Wildman–Crippen LogP) is 2.98. The van der Waals surface area contributed by atoms with Gasteiger partial charge in [-0.2, -0.15) is 4.98 Å². The summed E-state index contributed by atoms with van der Waals surface area (Å²) in [5.74, 6) is -0.179. The van der Waals surface area contributed by atoms with Gasteiger partial charge in [-0.25, -0.2) is 4.39 Å². The summed E-state index contributed by atoms with van der Waals surface area (Å²) < 4.78 is 18.9. The normalized spacial score (nSPS) is 19.1. The minimum absolute atomic E-state index is 0.179. The lowest BCUT2D eigenvalue weighted by molar-refractivity contribution is 0.153. The highest BCUT2D eigenvalue weighted by Crippen LogP contribution is 2.28. The van der Waals surface area contributed by atoms with Crippen LogP contribution in [0, 0.1) is 5.82 Å². The van der Waals surface area contributed by atoms with Crippen molar-refractivity contribution in [2.24, 2.45) is 0 Å². The number of hydrogen-bond donors (Lipinski definition) is 0. The van der Waals surface area contributed by atoms with Crippen molar-refractivity contribution in [2.75, 3.05) is 49.1 Å². The fourth-order valence-corrected chi connectivity index (χ4v) is 3.83. The molecule has 0 saturated carbocycles. The van der Waals surface area contributed by atoms with E-state index in [4.69, 9.17) is 4.42 Å². The Balaban J connectivity index is 1.17. The van der Waals surface area contributed by atoms with E-state index in [1.807, 2.05) is 36.4 Å². The van der Waals surface area contributed by atoms with E-state index in [2.05, 4.69) is 19.7 Å². The topological polar surface area (TPSA) is 35.8 Å². The molecular weight excluding hydrogens is 331 g/mol. The summed E-state index contributed by atoms with van der Waals surface area (Å²) in [6, 6.07) is 16.0. The van der Waals surface area contributed by atoms with Gasteiger partial charge in [0, 0.05) is 51.0 Å². The van der Waals surface area contributed by atoms with E-state index in [1.165, 1.54) is 12.1 Å².